The van der Waals surface area contributed by atoms with Crippen molar-refractivity contribution < 1.29 is 13.5 Å². The topological polar surface area (TPSA) is 96.3 Å². The number of hydrogen-bond acceptors (Lipinski definition) is 5. The summed E-state index contributed by atoms with van der Waals surface area (Å²) in [7, 11) is -2.06. The molecule has 1 saturated carbocycles. The standard InChI is InChI=1S/C16H22N4O3S/c1-11(12-5-3-6-13(9-12)24(22,23)17-2)19-14-10-15(21)16(14)20-8-4-7-18-20/h3-9,11,14-17,19,21H,10H2,1-2H3/t11?,14-,15+,16+/m0/s1. The van der Waals surface area contributed by atoms with Crippen molar-refractivity contribution in [3.8, 4) is 0 Å². The van der Waals surface area contributed by atoms with Crippen molar-refractivity contribution >= 4 is 10.0 Å². The fourth-order valence-electron chi connectivity index (χ4n) is 3.08. The minimum absolute atomic E-state index is 0.0485. The lowest BCUT2D eigenvalue weighted by Crippen LogP contribution is -2.55. The highest BCUT2D eigenvalue weighted by atomic mass is 32.2. The first-order chi connectivity index (χ1) is 11.4. The van der Waals surface area contributed by atoms with E-state index in [1.807, 2.05) is 25.3 Å². The SMILES string of the molecule is CNS(=O)(=O)c1cccc(C(C)N[C@H]2C[C@@H](O)[C@@H]2n2cccn2)c1. The predicted molar refractivity (Wildman–Crippen MR) is 89.9 cm³/mol. The lowest BCUT2D eigenvalue weighted by Gasteiger charge is -2.43. The molecule has 0 amide bonds. The van der Waals surface area contributed by atoms with Crippen molar-refractivity contribution in [2.24, 2.45) is 0 Å². The molecule has 1 aliphatic carbocycles. The van der Waals surface area contributed by atoms with Crippen LogP contribution in [0.25, 0.3) is 0 Å². The minimum atomic E-state index is -3.46. The summed E-state index contributed by atoms with van der Waals surface area (Å²) in [5, 5.41) is 17.7. The van der Waals surface area contributed by atoms with Gasteiger partial charge in [-0.05, 0) is 44.2 Å². The first-order valence-electron chi connectivity index (χ1n) is 7.89. The number of aromatic nitrogens is 2. The van der Waals surface area contributed by atoms with Crippen LogP contribution in [0.5, 0.6) is 0 Å². The summed E-state index contributed by atoms with van der Waals surface area (Å²) in [4.78, 5) is 0.244. The van der Waals surface area contributed by atoms with Crippen LogP contribution in [0.4, 0.5) is 0 Å². The zero-order valence-electron chi connectivity index (χ0n) is 13.6. The predicted octanol–water partition coefficient (Wildman–Crippen LogP) is 0.816. The number of sulfonamides is 1. The normalized spacial score (nSPS) is 25.2. The number of aliphatic hydroxyl groups is 1. The summed E-state index contributed by atoms with van der Waals surface area (Å²) in [6, 6.07) is 8.63. The molecule has 2 aromatic rings. The fourth-order valence-corrected chi connectivity index (χ4v) is 3.87. The van der Waals surface area contributed by atoms with E-state index in [4.69, 9.17) is 0 Å². The number of nitrogens with zero attached hydrogens (tertiary/aromatic N) is 2. The number of benzene rings is 1. The molecule has 0 aliphatic heterocycles. The number of nitrogens with one attached hydrogen (secondary N) is 2. The van der Waals surface area contributed by atoms with E-state index in [0.29, 0.717) is 6.42 Å². The minimum Gasteiger partial charge on any atom is -0.391 e. The van der Waals surface area contributed by atoms with Gasteiger partial charge in [0.25, 0.3) is 0 Å². The molecule has 1 fully saturated rings. The molecule has 3 rings (SSSR count). The van der Waals surface area contributed by atoms with Gasteiger partial charge < -0.3 is 10.4 Å². The van der Waals surface area contributed by atoms with Gasteiger partial charge in [-0.25, -0.2) is 13.1 Å². The number of aliphatic hydroxyl groups excluding tert-OH is 1. The Morgan fingerprint density at radius 2 is 2.17 bits per heavy atom. The summed E-state index contributed by atoms with van der Waals surface area (Å²) >= 11 is 0. The van der Waals surface area contributed by atoms with Gasteiger partial charge in [0.2, 0.25) is 10.0 Å². The summed E-state index contributed by atoms with van der Waals surface area (Å²) in [6.07, 6.45) is 3.75. The highest BCUT2D eigenvalue weighted by Gasteiger charge is 2.42. The van der Waals surface area contributed by atoms with Crippen molar-refractivity contribution in [1.82, 2.24) is 19.8 Å². The van der Waals surface area contributed by atoms with Crippen LogP contribution in [-0.2, 0) is 10.0 Å². The van der Waals surface area contributed by atoms with Gasteiger partial charge in [0.15, 0.2) is 0 Å². The fraction of sp³-hybridized carbons (Fsp3) is 0.438. The van der Waals surface area contributed by atoms with Crippen molar-refractivity contribution in [2.75, 3.05) is 7.05 Å². The monoisotopic (exact) mass is 350 g/mol. The van der Waals surface area contributed by atoms with Crippen LogP contribution in [-0.4, -0.2) is 42.5 Å². The number of rotatable bonds is 6. The molecule has 3 N–H and O–H groups in total. The third kappa shape index (κ3) is 3.23. The van der Waals surface area contributed by atoms with E-state index in [1.165, 1.54) is 7.05 Å². The maximum Gasteiger partial charge on any atom is 0.240 e. The third-order valence-electron chi connectivity index (χ3n) is 4.53. The maximum absolute atomic E-state index is 11.9. The molecule has 0 saturated heterocycles. The van der Waals surface area contributed by atoms with Gasteiger partial charge in [-0.15, -0.1) is 0 Å². The average Bonchev–Trinajstić information content (AvgIpc) is 3.07. The van der Waals surface area contributed by atoms with Gasteiger partial charge in [-0.3, -0.25) is 4.68 Å². The van der Waals surface area contributed by atoms with Gasteiger partial charge >= 0.3 is 0 Å². The van der Waals surface area contributed by atoms with Crippen LogP contribution in [0.3, 0.4) is 0 Å². The Bertz CT molecular complexity index is 791. The van der Waals surface area contributed by atoms with Gasteiger partial charge in [-0.1, -0.05) is 12.1 Å². The number of hydrogen-bond donors (Lipinski definition) is 3. The molecule has 24 heavy (non-hydrogen) atoms. The zero-order chi connectivity index (χ0) is 17.3. The second-order valence-corrected chi connectivity index (χ2v) is 7.94. The van der Waals surface area contributed by atoms with Crippen molar-refractivity contribution in [1.29, 1.82) is 0 Å². The lowest BCUT2D eigenvalue weighted by molar-refractivity contribution is -0.0110. The van der Waals surface area contributed by atoms with E-state index in [2.05, 4.69) is 15.1 Å². The molecule has 4 atom stereocenters. The summed E-state index contributed by atoms with van der Waals surface area (Å²) in [5.41, 5.74) is 0.881. The maximum atomic E-state index is 11.9. The summed E-state index contributed by atoms with van der Waals surface area (Å²) < 4.78 is 28.0. The molecular formula is C16H22N4O3S. The molecule has 1 aromatic heterocycles. The van der Waals surface area contributed by atoms with Crippen LogP contribution >= 0.6 is 0 Å². The summed E-state index contributed by atoms with van der Waals surface area (Å²) in [6.45, 7) is 1.98. The van der Waals surface area contributed by atoms with E-state index in [0.717, 1.165) is 5.56 Å². The second kappa shape index (κ2) is 6.64. The molecule has 0 bridgehead atoms. The molecule has 7 nitrogen and oxygen atoms in total. The molecule has 1 aliphatic rings. The van der Waals surface area contributed by atoms with Crippen LogP contribution in [0.1, 0.15) is 31.0 Å². The molecule has 1 aromatic carbocycles. The van der Waals surface area contributed by atoms with E-state index >= 15 is 0 Å². The summed E-state index contributed by atoms with van der Waals surface area (Å²) in [5.74, 6) is 0. The Labute approximate surface area is 141 Å². The van der Waals surface area contributed by atoms with E-state index < -0.39 is 16.1 Å². The van der Waals surface area contributed by atoms with Gasteiger partial charge in [-0.2, -0.15) is 5.10 Å². The van der Waals surface area contributed by atoms with Crippen LogP contribution in [0.2, 0.25) is 0 Å². The van der Waals surface area contributed by atoms with Crippen LogP contribution in [0.15, 0.2) is 47.6 Å². The Kier molecular flexibility index (Phi) is 4.73. The Balaban J connectivity index is 1.74. The van der Waals surface area contributed by atoms with Crippen LogP contribution in [0, 0.1) is 0 Å². The van der Waals surface area contributed by atoms with E-state index in [-0.39, 0.29) is 23.0 Å². The van der Waals surface area contributed by atoms with Crippen LogP contribution < -0.4 is 10.0 Å². The molecule has 1 heterocycles. The smallest absolute Gasteiger partial charge is 0.240 e. The highest BCUT2D eigenvalue weighted by Crippen LogP contribution is 2.34. The Morgan fingerprint density at radius 3 is 2.79 bits per heavy atom. The van der Waals surface area contributed by atoms with Gasteiger partial charge in [0.05, 0.1) is 17.0 Å². The first-order valence-corrected chi connectivity index (χ1v) is 9.37. The molecule has 130 valence electrons. The molecule has 0 radical (unpaired) electrons. The Hall–Kier alpha value is -1.74. The van der Waals surface area contributed by atoms with Gasteiger partial charge in [0, 0.05) is 24.5 Å². The first kappa shape index (κ1) is 17.1. The van der Waals surface area contributed by atoms with E-state index in [9.17, 15) is 13.5 Å². The lowest BCUT2D eigenvalue weighted by atomic mass is 9.82. The third-order valence-corrected chi connectivity index (χ3v) is 5.95. The van der Waals surface area contributed by atoms with Gasteiger partial charge in [0.1, 0.15) is 0 Å². The zero-order valence-corrected chi connectivity index (χ0v) is 14.4. The van der Waals surface area contributed by atoms with Crippen molar-refractivity contribution in [3.05, 3.63) is 48.3 Å². The molecule has 0 spiro atoms. The van der Waals surface area contributed by atoms with Crippen molar-refractivity contribution in [2.45, 2.75) is 42.5 Å². The quantitative estimate of drug-likeness (QED) is 0.717. The Morgan fingerprint density at radius 1 is 1.38 bits per heavy atom. The van der Waals surface area contributed by atoms with Crippen molar-refractivity contribution in [3.63, 3.8) is 0 Å². The highest BCUT2D eigenvalue weighted by molar-refractivity contribution is 7.89. The largest absolute Gasteiger partial charge is 0.391 e. The second-order valence-electron chi connectivity index (χ2n) is 6.05. The molecule has 8 heteroatoms. The molecule has 1 unspecified atom stereocenters. The average molecular weight is 350 g/mol. The van der Waals surface area contributed by atoms with E-state index in [1.54, 1.807) is 29.1 Å². The molecular weight excluding hydrogens is 328 g/mol.